The predicted octanol–water partition coefficient (Wildman–Crippen LogP) is 2.31. The molecule has 1 aromatic rings. The lowest BCUT2D eigenvalue weighted by Gasteiger charge is -2.10. The lowest BCUT2D eigenvalue weighted by molar-refractivity contribution is -0.137. The standard InChI is InChI=1S/C17H26N2O4/c1-23-15-9-8-13(12-18)11-14(15)17(22)19-10-6-4-2-3-5-7-16(20)21/h8-9,11H,2-7,10,12,18H2,1H3,(H,19,22)(H,20,21). The Balaban J connectivity index is 2.30. The van der Waals surface area contributed by atoms with Crippen LogP contribution < -0.4 is 15.8 Å². The van der Waals surface area contributed by atoms with Crippen LogP contribution in [0.5, 0.6) is 5.75 Å². The normalized spacial score (nSPS) is 10.3. The Labute approximate surface area is 137 Å². The third kappa shape index (κ3) is 7.15. The van der Waals surface area contributed by atoms with E-state index in [9.17, 15) is 9.59 Å². The third-order valence-corrected chi connectivity index (χ3v) is 3.60. The Hall–Kier alpha value is -2.08. The second-order valence-corrected chi connectivity index (χ2v) is 5.41. The van der Waals surface area contributed by atoms with Gasteiger partial charge in [-0.2, -0.15) is 0 Å². The number of nitrogens with one attached hydrogen (secondary N) is 1. The first-order valence-corrected chi connectivity index (χ1v) is 7.95. The molecule has 1 amide bonds. The fraction of sp³-hybridized carbons (Fsp3) is 0.529. The van der Waals surface area contributed by atoms with Crippen molar-refractivity contribution in [2.45, 2.75) is 45.1 Å². The Morgan fingerprint density at radius 1 is 1.17 bits per heavy atom. The van der Waals surface area contributed by atoms with Crippen LogP contribution in [-0.4, -0.2) is 30.6 Å². The topological polar surface area (TPSA) is 102 Å². The lowest BCUT2D eigenvalue weighted by Crippen LogP contribution is -2.25. The second-order valence-electron chi connectivity index (χ2n) is 5.41. The van der Waals surface area contributed by atoms with Crippen LogP contribution in [-0.2, 0) is 11.3 Å². The van der Waals surface area contributed by atoms with Gasteiger partial charge in [-0.25, -0.2) is 0 Å². The molecule has 0 atom stereocenters. The summed E-state index contributed by atoms with van der Waals surface area (Å²) in [6.45, 7) is 0.967. The zero-order chi connectivity index (χ0) is 17.1. The Bertz CT molecular complexity index is 517. The number of carboxylic acids is 1. The summed E-state index contributed by atoms with van der Waals surface area (Å²) < 4.78 is 5.21. The number of unbranched alkanes of at least 4 members (excludes halogenated alkanes) is 4. The number of rotatable bonds is 11. The van der Waals surface area contributed by atoms with Gasteiger partial charge in [-0.3, -0.25) is 9.59 Å². The molecule has 1 aromatic carbocycles. The molecule has 0 aliphatic heterocycles. The molecule has 0 radical (unpaired) electrons. The monoisotopic (exact) mass is 322 g/mol. The number of carbonyl (C=O) groups is 2. The number of carbonyl (C=O) groups excluding carboxylic acids is 1. The van der Waals surface area contributed by atoms with E-state index in [2.05, 4.69) is 5.32 Å². The van der Waals surface area contributed by atoms with Crippen molar-refractivity contribution < 1.29 is 19.4 Å². The van der Waals surface area contributed by atoms with Crippen molar-refractivity contribution in [1.82, 2.24) is 5.32 Å². The van der Waals surface area contributed by atoms with Crippen molar-refractivity contribution in [2.75, 3.05) is 13.7 Å². The van der Waals surface area contributed by atoms with Gasteiger partial charge in [0.15, 0.2) is 0 Å². The van der Waals surface area contributed by atoms with Crippen molar-refractivity contribution in [3.8, 4) is 5.75 Å². The first kappa shape index (κ1) is 19.0. The minimum atomic E-state index is -0.745. The largest absolute Gasteiger partial charge is 0.496 e. The zero-order valence-corrected chi connectivity index (χ0v) is 13.6. The van der Waals surface area contributed by atoms with E-state index in [4.69, 9.17) is 15.6 Å². The molecule has 0 saturated carbocycles. The average Bonchev–Trinajstić information content (AvgIpc) is 2.56. The van der Waals surface area contributed by atoms with E-state index in [-0.39, 0.29) is 12.3 Å². The molecule has 6 heteroatoms. The van der Waals surface area contributed by atoms with Gasteiger partial charge in [0.2, 0.25) is 0 Å². The maximum atomic E-state index is 12.2. The molecule has 0 aliphatic carbocycles. The highest BCUT2D eigenvalue weighted by atomic mass is 16.5. The summed E-state index contributed by atoms with van der Waals surface area (Å²) in [5.41, 5.74) is 6.98. The number of aliphatic carboxylic acids is 1. The average molecular weight is 322 g/mol. The molecule has 0 aromatic heterocycles. The van der Waals surface area contributed by atoms with Gasteiger partial charge in [0.05, 0.1) is 12.7 Å². The van der Waals surface area contributed by atoms with E-state index in [1.165, 1.54) is 7.11 Å². The van der Waals surface area contributed by atoms with E-state index in [0.29, 0.717) is 30.8 Å². The fourth-order valence-electron chi connectivity index (χ4n) is 2.29. The van der Waals surface area contributed by atoms with Crippen molar-refractivity contribution in [2.24, 2.45) is 5.73 Å². The smallest absolute Gasteiger partial charge is 0.303 e. The maximum absolute atomic E-state index is 12.2. The number of ether oxygens (including phenoxy) is 1. The second kappa shape index (κ2) is 10.6. The van der Waals surface area contributed by atoms with Crippen molar-refractivity contribution in [3.63, 3.8) is 0 Å². The summed E-state index contributed by atoms with van der Waals surface area (Å²) in [5.74, 6) is -0.373. The van der Waals surface area contributed by atoms with E-state index >= 15 is 0 Å². The molecule has 0 fully saturated rings. The summed E-state index contributed by atoms with van der Waals surface area (Å²) in [5, 5.41) is 11.4. The first-order valence-electron chi connectivity index (χ1n) is 7.95. The van der Waals surface area contributed by atoms with Gasteiger partial charge in [0.25, 0.3) is 5.91 Å². The molecule has 0 bridgehead atoms. The van der Waals surface area contributed by atoms with Gasteiger partial charge >= 0.3 is 5.97 Å². The number of methoxy groups -OCH3 is 1. The molecule has 23 heavy (non-hydrogen) atoms. The van der Waals surface area contributed by atoms with Crippen molar-refractivity contribution in [1.29, 1.82) is 0 Å². The first-order chi connectivity index (χ1) is 11.1. The molecule has 1 rings (SSSR count). The minimum Gasteiger partial charge on any atom is -0.496 e. The Kier molecular flexibility index (Phi) is 8.75. The highest BCUT2D eigenvalue weighted by molar-refractivity contribution is 5.97. The number of amides is 1. The van der Waals surface area contributed by atoms with Crippen LogP contribution in [0, 0.1) is 0 Å². The van der Waals surface area contributed by atoms with Crippen LogP contribution in [0.4, 0.5) is 0 Å². The number of hydrogen-bond acceptors (Lipinski definition) is 4. The lowest BCUT2D eigenvalue weighted by atomic mass is 10.1. The zero-order valence-electron chi connectivity index (χ0n) is 13.6. The molecular formula is C17H26N2O4. The van der Waals surface area contributed by atoms with Crippen LogP contribution >= 0.6 is 0 Å². The van der Waals surface area contributed by atoms with E-state index < -0.39 is 5.97 Å². The number of benzene rings is 1. The van der Waals surface area contributed by atoms with E-state index in [1.807, 2.05) is 6.07 Å². The van der Waals surface area contributed by atoms with Gasteiger partial charge in [-0.05, 0) is 30.5 Å². The number of carboxylic acid groups (broad SMARTS) is 1. The van der Waals surface area contributed by atoms with Gasteiger partial charge < -0.3 is 20.9 Å². The van der Waals surface area contributed by atoms with Crippen LogP contribution in [0.15, 0.2) is 18.2 Å². The fourth-order valence-corrected chi connectivity index (χ4v) is 2.29. The molecule has 0 heterocycles. The summed E-state index contributed by atoms with van der Waals surface area (Å²) in [6, 6.07) is 5.34. The van der Waals surface area contributed by atoms with Crippen LogP contribution in [0.25, 0.3) is 0 Å². The van der Waals surface area contributed by atoms with E-state index in [0.717, 1.165) is 31.2 Å². The molecule has 0 aliphatic rings. The number of nitrogens with two attached hydrogens (primary N) is 1. The predicted molar refractivity (Wildman–Crippen MR) is 88.6 cm³/mol. The van der Waals surface area contributed by atoms with Crippen molar-refractivity contribution in [3.05, 3.63) is 29.3 Å². The quantitative estimate of drug-likeness (QED) is 0.543. The van der Waals surface area contributed by atoms with Gasteiger partial charge in [0.1, 0.15) is 5.75 Å². The van der Waals surface area contributed by atoms with Crippen molar-refractivity contribution >= 4 is 11.9 Å². The molecule has 128 valence electrons. The summed E-state index contributed by atoms with van der Waals surface area (Å²) in [6.07, 6.45) is 4.68. The molecule has 4 N–H and O–H groups in total. The molecule has 0 spiro atoms. The highest BCUT2D eigenvalue weighted by Crippen LogP contribution is 2.19. The number of hydrogen-bond donors (Lipinski definition) is 3. The molecule has 0 saturated heterocycles. The highest BCUT2D eigenvalue weighted by Gasteiger charge is 2.12. The molecular weight excluding hydrogens is 296 g/mol. The van der Waals surface area contributed by atoms with E-state index in [1.54, 1.807) is 12.1 Å². The molecule has 0 unspecified atom stereocenters. The maximum Gasteiger partial charge on any atom is 0.303 e. The van der Waals surface area contributed by atoms with Crippen LogP contribution in [0.1, 0.15) is 54.4 Å². The summed E-state index contributed by atoms with van der Waals surface area (Å²) in [7, 11) is 1.53. The Morgan fingerprint density at radius 2 is 1.87 bits per heavy atom. The Morgan fingerprint density at radius 3 is 2.52 bits per heavy atom. The molecule has 6 nitrogen and oxygen atoms in total. The third-order valence-electron chi connectivity index (χ3n) is 3.60. The van der Waals surface area contributed by atoms with Gasteiger partial charge in [-0.1, -0.05) is 25.3 Å². The van der Waals surface area contributed by atoms with Crippen LogP contribution in [0.2, 0.25) is 0 Å². The summed E-state index contributed by atoms with van der Waals surface area (Å²) >= 11 is 0. The van der Waals surface area contributed by atoms with Gasteiger partial charge in [0, 0.05) is 19.5 Å². The van der Waals surface area contributed by atoms with Crippen LogP contribution in [0.3, 0.4) is 0 Å². The SMILES string of the molecule is COc1ccc(CN)cc1C(=O)NCCCCCCCC(=O)O. The van der Waals surface area contributed by atoms with Gasteiger partial charge in [-0.15, -0.1) is 0 Å². The minimum absolute atomic E-state index is 0.164. The summed E-state index contributed by atoms with van der Waals surface area (Å²) in [4.78, 5) is 22.6.